The Bertz CT molecular complexity index is 425. The highest BCUT2D eigenvalue weighted by Gasteiger charge is 2.17. The van der Waals surface area contributed by atoms with Gasteiger partial charge in [-0.3, -0.25) is 0 Å². The molecule has 0 bridgehead atoms. The number of rotatable bonds is 8. The van der Waals surface area contributed by atoms with Gasteiger partial charge in [0.2, 0.25) is 5.88 Å². The van der Waals surface area contributed by atoms with E-state index in [0.717, 1.165) is 18.7 Å². The molecule has 4 heteroatoms. The lowest BCUT2D eigenvalue weighted by Crippen LogP contribution is -2.23. The van der Waals surface area contributed by atoms with Gasteiger partial charge in [-0.2, -0.15) is 0 Å². The largest absolute Gasteiger partial charge is 0.478 e. The summed E-state index contributed by atoms with van der Waals surface area (Å²) < 4.78 is 10.8. The summed E-state index contributed by atoms with van der Waals surface area (Å²) in [6.07, 6.45) is 0.873. The normalized spacial score (nSPS) is 12.0. The zero-order valence-corrected chi connectivity index (χ0v) is 14.3. The van der Waals surface area contributed by atoms with Crippen LogP contribution in [0.15, 0.2) is 12.1 Å². The summed E-state index contributed by atoms with van der Waals surface area (Å²) in [7, 11) is 1.70. The van der Waals surface area contributed by atoms with Gasteiger partial charge in [0.1, 0.15) is 0 Å². The summed E-state index contributed by atoms with van der Waals surface area (Å²) in [4.78, 5) is 4.64. The first-order valence-corrected chi connectivity index (χ1v) is 7.69. The molecule has 1 rings (SSSR count). The molecule has 0 aliphatic rings. The maximum Gasteiger partial charge on any atom is 0.213 e. The van der Waals surface area contributed by atoms with Crippen LogP contribution < -0.4 is 10.1 Å². The lowest BCUT2D eigenvalue weighted by atomic mass is 9.91. The first kappa shape index (κ1) is 17.9. The van der Waals surface area contributed by atoms with Crippen LogP contribution in [0.4, 0.5) is 0 Å². The molecule has 0 spiro atoms. The minimum absolute atomic E-state index is 0.0124. The molecule has 0 radical (unpaired) electrons. The molecule has 0 fully saturated rings. The molecule has 0 aliphatic carbocycles. The highest BCUT2D eigenvalue weighted by molar-refractivity contribution is 5.28. The molecular formula is C17H30N2O2. The third kappa shape index (κ3) is 6.91. The van der Waals surface area contributed by atoms with Gasteiger partial charge in [-0.1, -0.05) is 34.6 Å². The summed E-state index contributed by atoms with van der Waals surface area (Å²) in [6.45, 7) is 13.0. The van der Waals surface area contributed by atoms with Crippen molar-refractivity contribution in [2.75, 3.05) is 20.3 Å². The van der Waals surface area contributed by atoms with Gasteiger partial charge >= 0.3 is 0 Å². The van der Waals surface area contributed by atoms with Crippen molar-refractivity contribution in [1.82, 2.24) is 10.3 Å². The molecule has 0 unspecified atom stereocenters. The van der Waals surface area contributed by atoms with E-state index in [0.29, 0.717) is 25.1 Å². The van der Waals surface area contributed by atoms with Crippen LogP contribution in [0.25, 0.3) is 0 Å². The van der Waals surface area contributed by atoms with Gasteiger partial charge < -0.3 is 14.8 Å². The molecule has 1 heterocycles. The molecule has 120 valence electrons. The van der Waals surface area contributed by atoms with Crippen LogP contribution >= 0.6 is 0 Å². The van der Waals surface area contributed by atoms with Crippen LogP contribution in [0.5, 0.6) is 5.88 Å². The Morgan fingerprint density at radius 1 is 1.19 bits per heavy atom. The molecule has 1 aromatic heterocycles. The fraction of sp³-hybridized carbons (Fsp3) is 0.706. The molecule has 0 atom stereocenters. The Labute approximate surface area is 129 Å². The van der Waals surface area contributed by atoms with Crippen molar-refractivity contribution in [2.24, 2.45) is 0 Å². The standard InChI is InChI=1S/C17H30N2O2/c1-13(2)18-12-14-10-15(17(3,4)5)19-16(11-14)21-9-7-8-20-6/h10-11,13,18H,7-9,12H2,1-6H3. The number of pyridine rings is 1. The van der Waals surface area contributed by atoms with Gasteiger partial charge in [0, 0.05) is 44.2 Å². The number of methoxy groups -OCH3 is 1. The van der Waals surface area contributed by atoms with Crippen LogP contribution in [0.3, 0.4) is 0 Å². The highest BCUT2D eigenvalue weighted by atomic mass is 16.5. The predicted molar refractivity (Wildman–Crippen MR) is 86.9 cm³/mol. The van der Waals surface area contributed by atoms with Crippen molar-refractivity contribution in [2.45, 2.75) is 59.0 Å². The third-order valence-corrected chi connectivity index (χ3v) is 3.09. The second kappa shape index (κ2) is 8.35. The van der Waals surface area contributed by atoms with Crippen LogP contribution in [0, 0.1) is 0 Å². The van der Waals surface area contributed by atoms with Gasteiger partial charge in [-0.25, -0.2) is 4.98 Å². The van der Waals surface area contributed by atoms with E-state index >= 15 is 0 Å². The van der Waals surface area contributed by atoms with Gasteiger partial charge in [0.05, 0.1) is 12.3 Å². The van der Waals surface area contributed by atoms with Crippen molar-refractivity contribution in [3.63, 3.8) is 0 Å². The Hall–Kier alpha value is -1.13. The van der Waals surface area contributed by atoms with E-state index in [4.69, 9.17) is 9.47 Å². The number of hydrogen-bond donors (Lipinski definition) is 1. The topological polar surface area (TPSA) is 43.4 Å². The van der Waals surface area contributed by atoms with Crippen molar-refractivity contribution < 1.29 is 9.47 Å². The summed E-state index contributed by atoms with van der Waals surface area (Å²) in [5, 5.41) is 3.44. The Morgan fingerprint density at radius 2 is 1.90 bits per heavy atom. The van der Waals surface area contributed by atoms with E-state index < -0.39 is 0 Å². The SMILES string of the molecule is COCCCOc1cc(CNC(C)C)cc(C(C)(C)C)n1. The lowest BCUT2D eigenvalue weighted by Gasteiger charge is -2.20. The molecule has 0 aromatic carbocycles. The van der Waals surface area contributed by atoms with E-state index in [1.807, 2.05) is 6.07 Å². The molecular weight excluding hydrogens is 264 g/mol. The van der Waals surface area contributed by atoms with Crippen LogP contribution in [-0.4, -0.2) is 31.3 Å². The summed E-state index contributed by atoms with van der Waals surface area (Å²) in [5.41, 5.74) is 2.29. The van der Waals surface area contributed by atoms with E-state index in [1.165, 1.54) is 5.56 Å². The van der Waals surface area contributed by atoms with E-state index in [9.17, 15) is 0 Å². The highest BCUT2D eigenvalue weighted by Crippen LogP contribution is 2.24. The number of aromatic nitrogens is 1. The van der Waals surface area contributed by atoms with Crippen LogP contribution in [0.2, 0.25) is 0 Å². The average molecular weight is 294 g/mol. The minimum atomic E-state index is 0.0124. The number of ether oxygens (including phenoxy) is 2. The molecule has 21 heavy (non-hydrogen) atoms. The van der Waals surface area contributed by atoms with Gasteiger partial charge in [0.15, 0.2) is 0 Å². The molecule has 0 saturated heterocycles. The third-order valence-electron chi connectivity index (χ3n) is 3.09. The molecule has 0 amide bonds. The second-order valence-corrected chi connectivity index (χ2v) is 6.68. The summed E-state index contributed by atoms with van der Waals surface area (Å²) in [5.74, 6) is 0.707. The van der Waals surface area contributed by atoms with Gasteiger partial charge in [-0.05, 0) is 11.6 Å². The minimum Gasteiger partial charge on any atom is -0.478 e. The lowest BCUT2D eigenvalue weighted by molar-refractivity contribution is 0.170. The molecule has 0 aliphatic heterocycles. The maximum atomic E-state index is 5.77. The molecule has 1 aromatic rings. The number of nitrogens with zero attached hydrogens (tertiary/aromatic N) is 1. The van der Waals surface area contributed by atoms with E-state index in [2.05, 4.69) is 51.0 Å². The fourth-order valence-corrected chi connectivity index (χ4v) is 1.82. The summed E-state index contributed by atoms with van der Waals surface area (Å²) >= 11 is 0. The molecule has 1 N–H and O–H groups in total. The zero-order valence-electron chi connectivity index (χ0n) is 14.3. The quantitative estimate of drug-likeness (QED) is 0.747. The van der Waals surface area contributed by atoms with Gasteiger partial charge in [-0.15, -0.1) is 0 Å². The summed E-state index contributed by atoms with van der Waals surface area (Å²) in [6, 6.07) is 4.65. The van der Waals surface area contributed by atoms with Crippen LogP contribution in [-0.2, 0) is 16.7 Å². The Balaban J connectivity index is 2.82. The second-order valence-electron chi connectivity index (χ2n) is 6.68. The first-order valence-electron chi connectivity index (χ1n) is 7.69. The molecule has 0 saturated carbocycles. The van der Waals surface area contributed by atoms with Crippen molar-refractivity contribution in [3.05, 3.63) is 23.4 Å². The van der Waals surface area contributed by atoms with Crippen molar-refractivity contribution >= 4 is 0 Å². The van der Waals surface area contributed by atoms with E-state index in [1.54, 1.807) is 7.11 Å². The zero-order chi connectivity index (χ0) is 15.9. The van der Waals surface area contributed by atoms with Gasteiger partial charge in [0.25, 0.3) is 0 Å². The average Bonchev–Trinajstić information content (AvgIpc) is 2.40. The Morgan fingerprint density at radius 3 is 2.48 bits per heavy atom. The molecule has 4 nitrogen and oxygen atoms in total. The maximum absolute atomic E-state index is 5.77. The van der Waals surface area contributed by atoms with Crippen LogP contribution in [0.1, 0.15) is 52.3 Å². The fourth-order valence-electron chi connectivity index (χ4n) is 1.82. The first-order chi connectivity index (χ1) is 9.82. The number of nitrogens with one attached hydrogen (secondary N) is 1. The number of hydrogen-bond acceptors (Lipinski definition) is 4. The predicted octanol–water partition coefficient (Wildman–Crippen LogP) is 3.29. The van der Waals surface area contributed by atoms with E-state index in [-0.39, 0.29) is 5.41 Å². The monoisotopic (exact) mass is 294 g/mol. The van der Waals surface area contributed by atoms with Crippen molar-refractivity contribution in [1.29, 1.82) is 0 Å². The Kier molecular flexibility index (Phi) is 7.12. The smallest absolute Gasteiger partial charge is 0.213 e. The van der Waals surface area contributed by atoms with Crippen molar-refractivity contribution in [3.8, 4) is 5.88 Å².